The van der Waals surface area contributed by atoms with E-state index < -0.39 is 11.6 Å². The van der Waals surface area contributed by atoms with E-state index in [0.717, 1.165) is 5.56 Å². The number of imidazole rings is 1. The molecule has 108 valence electrons. The maximum absolute atomic E-state index is 14.4. The van der Waals surface area contributed by atoms with E-state index in [4.69, 9.17) is 11.6 Å². The quantitative estimate of drug-likeness (QED) is 0.630. The van der Waals surface area contributed by atoms with Crippen LogP contribution in [0.2, 0.25) is 0 Å². The van der Waals surface area contributed by atoms with Crippen molar-refractivity contribution >= 4 is 22.6 Å². The van der Waals surface area contributed by atoms with Crippen molar-refractivity contribution in [3.05, 3.63) is 58.9 Å². The molecule has 1 heterocycles. The molecule has 2 aromatic carbocycles. The first kappa shape index (κ1) is 14.0. The molecule has 0 saturated heterocycles. The molecule has 0 unspecified atom stereocenters. The van der Waals surface area contributed by atoms with E-state index in [1.807, 2.05) is 19.1 Å². The monoisotopic (exact) mass is 306 g/mol. The van der Waals surface area contributed by atoms with Crippen molar-refractivity contribution in [3.8, 4) is 5.69 Å². The highest BCUT2D eigenvalue weighted by Crippen LogP contribution is 2.28. The van der Waals surface area contributed by atoms with E-state index in [-0.39, 0.29) is 11.6 Å². The van der Waals surface area contributed by atoms with Gasteiger partial charge in [-0.15, -0.1) is 11.6 Å². The molecule has 0 aliphatic carbocycles. The number of aromatic nitrogens is 2. The molecule has 3 rings (SSSR count). The van der Waals surface area contributed by atoms with Crippen LogP contribution in [0.25, 0.3) is 16.7 Å². The molecule has 21 heavy (non-hydrogen) atoms. The molecule has 0 bridgehead atoms. The summed E-state index contributed by atoms with van der Waals surface area (Å²) in [5, 5.41) is 0. The minimum Gasteiger partial charge on any atom is -0.290 e. The summed E-state index contributed by atoms with van der Waals surface area (Å²) in [6.45, 7) is 3.54. The van der Waals surface area contributed by atoms with Crippen LogP contribution in [0.1, 0.15) is 17.0 Å². The summed E-state index contributed by atoms with van der Waals surface area (Å²) in [5.41, 5.74) is 2.59. The van der Waals surface area contributed by atoms with Gasteiger partial charge in [0.25, 0.3) is 0 Å². The molecule has 0 spiro atoms. The zero-order valence-electron chi connectivity index (χ0n) is 11.6. The van der Waals surface area contributed by atoms with Crippen LogP contribution in [0.4, 0.5) is 8.78 Å². The van der Waals surface area contributed by atoms with Crippen LogP contribution < -0.4 is 0 Å². The summed E-state index contributed by atoms with van der Waals surface area (Å²) in [6, 6.07) is 8.22. The van der Waals surface area contributed by atoms with Crippen LogP contribution in [0.5, 0.6) is 0 Å². The first-order valence-corrected chi connectivity index (χ1v) is 7.05. The van der Waals surface area contributed by atoms with Gasteiger partial charge in [-0.05, 0) is 43.2 Å². The number of benzene rings is 2. The van der Waals surface area contributed by atoms with Crippen molar-refractivity contribution in [2.45, 2.75) is 19.7 Å². The summed E-state index contributed by atoms with van der Waals surface area (Å²) in [4.78, 5) is 4.38. The Morgan fingerprint density at radius 2 is 1.90 bits per heavy atom. The van der Waals surface area contributed by atoms with E-state index in [1.165, 1.54) is 16.7 Å². The average molecular weight is 307 g/mol. The fraction of sp³-hybridized carbons (Fsp3) is 0.188. The van der Waals surface area contributed by atoms with Gasteiger partial charge in [-0.3, -0.25) is 4.57 Å². The van der Waals surface area contributed by atoms with E-state index in [1.54, 1.807) is 13.0 Å². The lowest BCUT2D eigenvalue weighted by Gasteiger charge is -2.12. The minimum absolute atomic E-state index is 0.0700. The van der Waals surface area contributed by atoms with Gasteiger partial charge in [0.1, 0.15) is 17.3 Å². The Balaban J connectivity index is 2.42. The number of fused-ring (bicyclic) bond motifs is 1. The molecule has 2 nitrogen and oxygen atoms in total. The Kier molecular flexibility index (Phi) is 3.41. The first-order chi connectivity index (χ1) is 10.0. The van der Waals surface area contributed by atoms with Gasteiger partial charge in [0, 0.05) is 0 Å². The lowest BCUT2D eigenvalue weighted by Crippen LogP contribution is -2.06. The third-order valence-corrected chi connectivity index (χ3v) is 3.72. The average Bonchev–Trinajstić information content (AvgIpc) is 2.81. The largest absolute Gasteiger partial charge is 0.290 e. The van der Waals surface area contributed by atoms with Gasteiger partial charge >= 0.3 is 0 Å². The van der Waals surface area contributed by atoms with Gasteiger partial charge in [-0.1, -0.05) is 12.1 Å². The van der Waals surface area contributed by atoms with E-state index in [9.17, 15) is 8.78 Å². The standard InChI is InChI=1S/C16H13ClF2N2/c1-9-3-6-13-12(7-9)20-14(8-17)21(13)16-11(18)5-4-10(2)15(16)19/h3-7H,8H2,1-2H3. The molecule has 3 aromatic rings. The number of halogens is 3. The maximum atomic E-state index is 14.4. The lowest BCUT2D eigenvalue weighted by molar-refractivity contribution is 0.563. The molecule has 0 saturated carbocycles. The lowest BCUT2D eigenvalue weighted by atomic mass is 10.1. The molecule has 0 aliphatic heterocycles. The molecule has 0 fully saturated rings. The molecule has 1 aromatic heterocycles. The Morgan fingerprint density at radius 1 is 1.14 bits per heavy atom. The smallest absolute Gasteiger partial charge is 0.153 e. The zero-order chi connectivity index (χ0) is 15.1. The predicted molar refractivity (Wildman–Crippen MR) is 80.0 cm³/mol. The van der Waals surface area contributed by atoms with E-state index >= 15 is 0 Å². The number of alkyl halides is 1. The summed E-state index contributed by atoms with van der Waals surface area (Å²) >= 11 is 5.91. The fourth-order valence-corrected chi connectivity index (χ4v) is 2.61. The van der Waals surface area contributed by atoms with Crippen molar-refractivity contribution in [3.63, 3.8) is 0 Å². The van der Waals surface area contributed by atoms with Gasteiger partial charge in [0.15, 0.2) is 5.82 Å². The van der Waals surface area contributed by atoms with Crippen molar-refractivity contribution in [2.24, 2.45) is 0 Å². The predicted octanol–water partition coefficient (Wildman–Crippen LogP) is 4.66. The van der Waals surface area contributed by atoms with Crippen LogP contribution in [-0.4, -0.2) is 9.55 Å². The highest BCUT2D eigenvalue weighted by Gasteiger charge is 2.19. The summed E-state index contributed by atoms with van der Waals surface area (Å²) in [7, 11) is 0. The highest BCUT2D eigenvalue weighted by atomic mass is 35.5. The Hall–Kier alpha value is -1.94. The third kappa shape index (κ3) is 2.20. The highest BCUT2D eigenvalue weighted by molar-refractivity contribution is 6.17. The van der Waals surface area contributed by atoms with Gasteiger partial charge in [0.05, 0.1) is 16.9 Å². The van der Waals surface area contributed by atoms with E-state index in [0.29, 0.717) is 22.4 Å². The van der Waals surface area contributed by atoms with Crippen LogP contribution in [-0.2, 0) is 5.88 Å². The van der Waals surface area contributed by atoms with E-state index in [2.05, 4.69) is 4.98 Å². The van der Waals surface area contributed by atoms with Crippen molar-refractivity contribution < 1.29 is 8.78 Å². The Morgan fingerprint density at radius 3 is 2.62 bits per heavy atom. The topological polar surface area (TPSA) is 17.8 Å². The van der Waals surface area contributed by atoms with Gasteiger partial charge in [-0.2, -0.15) is 0 Å². The second-order valence-corrected chi connectivity index (χ2v) is 5.28. The maximum Gasteiger partial charge on any atom is 0.153 e. The Labute approximate surface area is 126 Å². The zero-order valence-corrected chi connectivity index (χ0v) is 12.4. The normalized spacial score (nSPS) is 11.3. The molecular weight excluding hydrogens is 294 g/mol. The van der Waals surface area contributed by atoms with Crippen LogP contribution >= 0.6 is 11.6 Å². The van der Waals surface area contributed by atoms with Gasteiger partial charge in [-0.25, -0.2) is 13.8 Å². The van der Waals surface area contributed by atoms with Crippen molar-refractivity contribution in [2.75, 3.05) is 0 Å². The Bertz CT molecular complexity index is 840. The molecule has 0 N–H and O–H groups in total. The number of hydrogen-bond acceptors (Lipinski definition) is 1. The van der Waals surface area contributed by atoms with Gasteiger partial charge in [0.2, 0.25) is 0 Å². The number of nitrogens with zero attached hydrogens (tertiary/aromatic N) is 2. The van der Waals surface area contributed by atoms with Gasteiger partial charge < -0.3 is 0 Å². The van der Waals surface area contributed by atoms with Crippen molar-refractivity contribution in [1.82, 2.24) is 9.55 Å². The minimum atomic E-state index is -0.635. The second-order valence-electron chi connectivity index (χ2n) is 5.02. The first-order valence-electron chi connectivity index (χ1n) is 6.52. The third-order valence-electron chi connectivity index (χ3n) is 3.48. The molecule has 0 aliphatic rings. The van der Waals surface area contributed by atoms with Crippen LogP contribution in [0.3, 0.4) is 0 Å². The second kappa shape index (κ2) is 5.11. The number of aryl methyl sites for hydroxylation is 2. The molecule has 0 atom stereocenters. The molecular formula is C16H13ClF2N2. The summed E-state index contributed by atoms with van der Waals surface area (Å²) in [5.74, 6) is -0.744. The number of hydrogen-bond donors (Lipinski definition) is 0. The number of rotatable bonds is 2. The summed E-state index contributed by atoms with van der Waals surface area (Å²) < 4.78 is 30.1. The van der Waals surface area contributed by atoms with Crippen LogP contribution in [0.15, 0.2) is 30.3 Å². The molecule has 0 amide bonds. The fourth-order valence-electron chi connectivity index (χ4n) is 2.43. The molecule has 0 radical (unpaired) electrons. The summed E-state index contributed by atoms with van der Waals surface area (Å²) in [6.07, 6.45) is 0. The molecule has 5 heteroatoms. The SMILES string of the molecule is Cc1ccc2c(c1)nc(CCl)n2-c1c(F)ccc(C)c1F. The van der Waals surface area contributed by atoms with Crippen LogP contribution in [0, 0.1) is 25.5 Å². The van der Waals surface area contributed by atoms with Crippen molar-refractivity contribution in [1.29, 1.82) is 0 Å².